The van der Waals surface area contributed by atoms with Gasteiger partial charge in [0.2, 0.25) is 5.91 Å². The van der Waals surface area contributed by atoms with Gasteiger partial charge in [0.1, 0.15) is 0 Å². The minimum atomic E-state index is -0.107. The maximum Gasteiger partial charge on any atom is 0.241 e. The number of rotatable bonds is 4. The highest BCUT2D eigenvalue weighted by Gasteiger charge is 2.24. The predicted octanol–water partition coefficient (Wildman–Crippen LogP) is 2.30. The zero-order chi connectivity index (χ0) is 14.5. The first-order valence-corrected chi connectivity index (χ1v) is 7.50. The van der Waals surface area contributed by atoms with Gasteiger partial charge in [-0.25, -0.2) is 0 Å². The zero-order valence-corrected chi connectivity index (χ0v) is 12.9. The quantitative estimate of drug-likeness (QED) is 0.926. The van der Waals surface area contributed by atoms with E-state index in [1.807, 2.05) is 19.1 Å². The van der Waals surface area contributed by atoms with E-state index in [9.17, 15) is 4.79 Å². The molecule has 0 radical (unpaired) electrons. The minimum absolute atomic E-state index is 0.0391. The molecule has 1 N–H and O–H groups in total. The van der Waals surface area contributed by atoms with Crippen molar-refractivity contribution < 1.29 is 4.79 Å². The first-order valence-electron chi connectivity index (χ1n) is 7.13. The number of nitrogens with one attached hydrogen (secondary N) is 1. The lowest BCUT2D eigenvalue weighted by Crippen LogP contribution is -2.52. The van der Waals surface area contributed by atoms with Gasteiger partial charge in [-0.2, -0.15) is 0 Å². The van der Waals surface area contributed by atoms with E-state index in [1.54, 1.807) is 12.1 Å². The molecule has 1 aromatic rings. The van der Waals surface area contributed by atoms with Crippen LogP contribution in [0.5, 0.6) is 0 Å². The van der Waals surface area contributed by atoms with E-state index in [0.29, 0.717) is 5.02 Å². The summed E-state index contributed by atoms with van der Waals surface area (Å²) in [5, 5.41) is 3.61. The second-order valence-corrected chi connectivity index (χ2v) is 5.58. The van der Waals surface area contributed by atoms with Crippen LogP contribution in [0.15, 0.2) is 24.3 Å². The molecule has 0 spiro atoms. The molecule has 1 amide bonds. The van der Waals surface area contributed by atoms with E-state index in [1.165, 1.54) is 0 Å². The predicted molar refractivity (Wildman–Crippen MR) is 83.2 cm³/mol. The molecule has 1 aromatic carbocycles. The van der Waals surface area contributed by atoms with Crippen LogP contribution in [-0.4, -0.2) is 54.5 Å². The summed E-state index contributed by atoms with van der Waals surface area (Å²) in [6.45, 7) is 9.19. The molecule has 1 atom stereocenters. The van der Waals surface area contributed by atoms with Gasteiger partial charge in [0.15, 0.2) is 0 Å². The number of hydrogen-bond donors (Lipinski definition) is 1. The lowest BCUT2D eigenvalue weighted by molar-refractivity contribution is -0.121. The maximum atomic E-state index is 12.2. The van der Waals surface area contributed by atoms with Gasteiger partial charge in [-0.05, 0) is 37.7 Å². The minimum Gasteiger partial charge on any atom is -0.325 e. The fourth-order valence-electron chi connectivity index (χ4n) is 2.41. The molecule has 1 aliphatic rings. The number of nitrogens with zero attached hydrogens (tertiary/aromatic N) is 2. The third-order valence-corrected chi connectivity index (χ3v) is 4.14. The van der Waals surface area contributed by atoms with Crippen LogP contribution in [0.3, 0.4) is 0 Å². The molecule has 1 aliphatic heterocycles. The first-order chi connectivity index (χ1) is 9.60. The number of piperazine rings is 1. The Morgan fingerprint density at radius 2 is 1.85 bits per heavy atom. The van der Waals surface area contributed by atoms with Crippen LogP contribution < -0.4 is 5.32 Å². The summed E-state index contributed by atoms with van der Waals surface area (Å²) in [4.78, 5) is 16.9. The molecule has 2 rings (SSSR count). The van der Waals surface area contributed by atoms with Gasteiger partial charge in [0, 0.05) is 36.9 Å². The number of anilines is 1. The molecule has 0 aliphatic carbocycles. The number of carbonyl (C=O) groups is 1. The Balaban J connectivity index is 1.87. The van der Waals surface area contributed by atoms with Crippen LogP contribution in [0.25, 0.3) is 0 Å². The van der Waals surface area contributed by atoms with E-state index >= 15 is 0 Å². The van der Waals surface area contributed by atoms with Gasteiger partial charge in [-0.3, -0.25) is 9.69 Å². The number of benzene rings is 1. The maximum absolute atomic E-state index is 12.2. The van der Waals surface area contributed by atoms with Crippen molar-refractivity contribution in [2.75, 3.05) is 38.0 Å². The topological polar surface area (TPSA) is 35.6 Å². The largest absolute Gasteiger partial charge is 0.325 e. The standard InChI is InChI=1S/C15H22ClN3O/c1-3-18-8-10-19(11-9-18)12(2)15(20)17-14-6-4-13(16)5-7-14/h4-7,12H,3,8-11H2,1-2H3,(H,17,20). The smallest absolute Gasteiger partial charge is 0.241 e. The highest BCUT2D eigenvalue weighted by atomic mass is 35.5. The molecular formula is C15H22ClN3O. The Morgan fingerprint density at radius 1 is 1.25 bits per heavy atom. The molecule has 1 saturated heterocycles. The lowest BCUT2D eigenvalue weighted by Gasteiger charge is -2.36. The van der Waals surface area contributed by atoms with E-state index in [4.69, 9.17) is 11.6 Å². The van der Waals surface area contributed by atoms with Crippen molar-refractivity contribution in [3.05, 3.63) is 29.3 Å². The molecule has 0 aromatic heterocycles. The van der Waals surface area contributed by atoms with E-state index < -0.39 is 0 Å². The average Bonchev–Trinajstić information content (AvgIpc) is 2.49. The van der Waals surface area contributed by atoms with Gasteiger partial charge in [-0.1, -0.05) is 18.5 Å². The molecule has 1 unspecified atom stereocenters. The van der Waals surface area contributed by atoms with Crippen LogP contribution in [0.2, 0.25) is 5.02 Å². The summed E-state index contributed by atoms with van der Waals surface area (Å²) in [5.41, 5.74) is 0.790. The van der Waals surface area contributed by atoms with Crippen molar-refractivity contribution in [3.63, 3.8) is 0 Å². The lowest BCUT2D eigenvalue weighted by atomic mass is 10.2. The fraction of sp³-hybridized carbons (Fsp3) is 0.533. The SMILES string of the molecule is CCN1CCN(C(C)C(=O)Nc2ccc(Cl)cc2)CC1. The van der Waals surface area contributed by atoms with Crippen LogP contribution in [0.4, 0.5) is 5.69 Å². The van der Waals surface area contributed by atoms with Crippen molar-refractivity contribution in [1.29, 1.82) is 0 Å². The van der Waals surface area contributed by atoms with Crippen LogP contribution in [0, 0.1) is 0 Å². The van der Waals surface area contributed by atoms with Gasteiger partial charge < -0.3 is 10.2 Å². The second-order valence-electron chi connectivity index (χ2n) is 5.14. The molecule has 0 bridgehead atoms. The molecule has 20 heavy (non-hydrogen) atoms. The Labute approximate surface area is 125 Å². The van der Waals surface area contributed by atoms with Gasteiger partial charge in [0.05, 0.1) is 6.04 Å². The fourth-order valence-corrected chi connectivity index (χ4v) is 2.54. The van der Waals surface area contributed by atoms with Crippen molar-refractivity contribution >= 4 is 23.2 Å². The highest BCUT2D eigenvalue weighted by Crippen LogP contribution is 2.14. The highest BCUT2D eigenvalue weighted by molar-refractivity contribution is 6.30. The molecule has 5 heteroatoms. The molecular weight excluding hydrogens is 274 g/mol. The third kappa shape index (κ3) is 3.95. The molecule has 110 valence electrons. The van der Waals surface area contributed by atoms with Gasteiger partial charge >= 0.3 is 0 Å². The Hall–Kier alpha value is -1.10. The van der Waals surface area contributed by atoms with E-state index in [2.05, 4.69) is 22.0 Å². The monoisotopic (exact) mass is 295 g/mol. The summed E-state index contributed by atoms with van der Waals surface area (Å²) in [6, 6.07) is 7.10. The average molecular weight is 296 g/mol. The molecule has 1 heterocycles. The zero-order valence-electron chi connectivity index (χ0n) is 12.1. The summed E-state index contributed by atoms with van der Waals surface area (Å²) in [6.07, 6.45) is 0. The first kappa shape index (κ1) is 15.3. The van der Waals surface area contributed by atoms with Crippen molar-refractivity contribution in [1.82, 2.24) is 9.80 Å². The molecule has 1 fully saturated rings. The Morgan fingerprint density at radius 3 is 2.40 bits per heavy atom. The van der Waals surface area contributed by atoms with Gasteiger partial charge in [0.25, 0.3) is 0 Å². The normalized spacial score (nSPS) is 18.8. The van der Waals surface area contributed by atoms with Crippen molar-refractivity contribution in [2.24, 2.45) is 0 Å². The van der Waals surface area contributed by atoms with Crippen molar-refractivity contribution in [2.45, 2.75) is 19.9 Å². The van der Waals surface area contributed by atoms with Crippen LogP contribution in [0.1, 0.15) is 13.8 Å². The number of carbonyl (C=O) groups excluding carboxylic acids is 1. The van der Waals surface area contributed by atoms with Crippen LogP contribution in [-0.2, 0) is 4.79 Å². The summed E-state index contributed by atoms with van der Waals surface area (Å²) < 4.78 is 0. The Kier molecular flexibility index (Phi) is 5.40. The van der Waals surface area contributed by atoms with Crippen LogP contribution >= 0.6 is 11.6 Å². The summed E-state index contributed by atoms with van der Waals surface area (Å²) in [7, 11) is 0. The summed E-state index contributed by atoms with van der Waals surface area (Å²) in [5.74, 6) is 0.0391. The van der Waals surface area contributed by atoms with E-state index in [-0.39, 0.29) is 11.9 Å². The van der Waals surface area contributed by atoms with Gasteiger partial charge in [-0.15, -0.1) is 0 Å². The number of likely N-dealkylation sites (N-methyl/N-ethyl adjacent to an activating group) is 1. The van der Waals surface area contributed by atoms with E-state index in [0.717, 1.165) is 38.4 Å². The summed E-state index contributed by atoms with van der Waals surface area (Å²) >= 11 is 5.83. The third-order valence-electron chi connectivity index (χ3n) is 3.89. The second kappa shape index (κ2) is 7.07. The number of halogens is 1. The number of amides is 1. The Bertz CT molecular complexity index is 441. The number of hydrogen-bond acceptors (Lipinski definition) is 3. The molecule has 4 nitrogen and oxygen atoms in total. The van der Waals surface area contributed by atoms with Crippen molar-refractivity contribution in [3.8, 4) is 0 Å². The molecule has 0 saturated carbocycles.